The highest BCUT2D eigenvalue weighted by Gasteiger charge is 2.36. The third kappa shape index (κ3) is 4.48. The van der Waals surface area contributed by atoms with Gasteiger partial charge in [-0.3, -0.25) is 4.98 Å². The fraction of sp³-hybridized carbons (Fsp3) is 0.312. The molecule has 0 fully saturated rings. The molecule has 0 radical (unpaired) electrons. The van der Waals surface area contributed by atoms with Gasteiger partial charge in [-0.25, -0.2) is 12.7 Å². The van der Waals surface area contributed by atoms with Gasteiger partial charge in [0, 0.05) is 7.11 Å². The molecule has 27 heavy (non-hydrogen) atoms. The fourth-order valence-electron chi connectivity index (χ4n) is 2.34. The second-order valence-corrected chi connectivity index (χ2v) is 8.25. The van der Waals surface area contributed by atoms with Crippen LogP contribution >= 0.6 is 23.2 Å². The van der Waals surface area contributed by atoms with Crippen molar-refractivity contribution in [2.75, 3.05) is 18.1 Å². The largest absolute Gasteiger partial charge is 0.417 e. The number of sulfonamides is 1. The van der Waals surface area contributed by atoms with Crippen molar-refractivity contribution >= 4 is 38.9 Å². The minimum absolute atomic E-state index is 0.0935. The standard InChI is InChI=1S/C16H15Cl2F3N2O3S/c1-9-14(18)7-15(10(2)22-9)23(8-26-3)27(24,25)11-4-5-13(17)12(6-11)16(19,20)21/h4-7H,8H2,1-3H3. The van der Waals surface area contributed by atoms with Crippen LogP contribution in [-0.4, -0.2) is 27.2 Å². The lowest BCUT2D eigenvalue weighted by atomic mass is 10.2. The van der Waals surface area contributed by atoms with E-state index in [1.54, 1.807) is 13.8 Å². The highest BCUT2D eigenvalue weighted by molar-refractivity contribution is 7.92. The molecule has 0 bridgehead atoms. The van der Waals surface area contributed by atoms with Crippen LogP contribution in [0.5, 0.6) is 0 Å². The number of aromatic nitrogens is 1. The Morgan fingerprint density at radius 1 is 1.11 bits per heavy atom. The summed E-state index contributed by atoms with van der Waals surface area (Å²) in [6.07, 6.45) is -4.81. The molecule has 0 saturated heterocycles. The molecular weight excluding hydrogens is 428 g/mol. The minimum atomic E-state index is -4.81. The molecule has 0 saturated carbocycles. The van der Waals surface area contributed by atoms with Crippen LogP contribution < -0.4 is 4.31 Å². The Bertz CT molecular complexity index is 966. The number of aryl methyl sites for hydroxylation is 2. The summed E-state index contributed by atoms with van der Waals surface area (Å²) in [7, 11) is -3.16. The van der Waals surface area contributed by atoms with E-state index in [0.29, 0.717) is 17.5 Å². The number of anilines is 1. The number of benzene rings is 1. The second-order valence-electron chi connectivity index (χ2n) is 5.57. The summed E-state index contributed by atoms with van der Waals surface area (Å²) < 4.78 is 71.1. The molecule has 0 unspecified atom stereocenters. The second kappa shape index (κ2) is 7.83. The average Bonchev–Trinajstić information content (AvgIpc) is 2.55. The van der Waals surface area contributed by atoms with Crippen LogP contribution in [0, 0.1) is 13.8 Å². The Balaban J connectivity index is 2.66. The van der Waals surface area contributed by atoms with Gasteiger partial charge >= 0.3 is 6.18 Å². The Morgan fingerprint density at radius 2 is 1.74 bits per heavy atom. The van der Waals surface area contributed by atoms with Crippen molar-refractivity contribution in [1.82, 2.24) is 4.98 Å². The molecule has 1 aromatic carbocycles. The van der Waals surface area contributed by atoms with E-state index in [1.165, 1.54) is 13.2 Å². The van der Waals surface area contributed by atoms with E-state index in [9.17, 15) is 21.6 Å². The molecule has 0 aliphatic rings. The molecule has 0 aliphatic heterocycles. The first-order valence-corrected chi connectivity index (χ1v) is 9.61. The predicted molar refractivity (Wildman–Crippen MR) is 96.7 cm³/mol. The maximum absolute atomic E-state index is 13.1. The maximum Gasteiger partial charge on any atom is 0.417 e. The molecule has 0 atom stereocenters. The fourth-order valence-corrected chi connectivity index (χ4v) is 4.16. The summed E-state index contributed by atoms with van der Waals surface area (Å²) in [5.41, 5.74) is -0.351. The number of hydrogen-bond acceptors (Lipinski definition) is 4. The van der Waals surface area contributed by atoms with Gasteiger partial charge in [-0.15, -0.1) is 0 Å². The molecular formula is C16H15Cl2F3N2O3S. The third-order valence-electron chi connectivity index (χ3n) is 3.66. The SMILES string of the molecule is COCN(c1cc(Cl)c(C)nc1C)S(=O)(=O)c1ccc(Cl)c(C(F)(F)F)c1. The zero-order valence-electron chi connectivity index (χ0n) is 14.4. The zero-order chi connectivity index (χ0) is 20.6. The molecule has 0 amide bonds. The molecule has 0 spiro atoms. The van der Waals surface area contributed by atoms with Gasteiger partial charge in [-0.2, -0.15) is 13.2 Å². The molecule has 2 aromatic rings. The number of alkyl halides is 3. The van der Waals surface area contributed by atoms with Crippen LogP contribution in [0.15, 0.2) is 29.2 Å². The Hall–Kier alpha value is -1.55. The highest BCUT2D eigenvalue weighted by Crippen LogP contribution is 2.37. The molecule has 5 nitrogen and oxygen atoms in total. The van der Waals surface area contributed by atoms with Gasteiger partial charge < -0.3 is 4.74 Å². The number of halogens is 5. The van der Waals surface area contributed by atoms with Crippen LogP contribution in [0.1, 0.15) is 17.0 Å². The summed E-state index contributed by atoms with van der Waals surface area (Å²) in [5.74, 6) is 0. The minimum Gasteiger partial charge on any atom is -0.363 e. The maximum atomic E-state index is 13.1. The van der Waals surface area contributed by atoms with E-state index in [0.717, 1.165) is 16.4 Å². The Kier molecular flexibility index (Phi) is 6.30. The van der Waals surface area contributed by atoms with Crippen LogP contribution in [0.3, 0.4) is 0 Å². The lowest BCUT2D eigenvalue weighted by molar-refractivity contribution is -0.137. The third-order valence-corrected chi connectivity index (χ3v) is 6.11. The number of methoxy groups -OCH3 is 1. The average molecular weight is 443 g/mol. The predicted octanol–water partition coefficient (Wildman–Crippen LogP) is 4.82. The van der Waals surface area contributed by atoms with Crippen molar-refractivity contribution in [3.8, 4) is 0 Å². The van der Waals surface area contributed by atoms with Gasteiger partial charge in [-0.1, -0.05) is 23.2 Å². The van der Waals surface area contributed by atoms with Crippen LogP contribution in [-0.2, 0) is 20.9 Å². The van der Waals surface area contributed by atoms with E-state index < -0.39 is 38.4 Å². The van der Waals surface area contributed by atoms with Crippen molar-refractivity contribution in [3.63, 3.8) is 0 Å². The van der Waals surface area contributed by atoms with Crippen molar-refractivity contribution in [2.24, 2.45) is 0 Å². The summed E-state index contributed by atoms with van der Waals surface area (Å²) in [6.45, 7) is 2.75. The summed E-state index contributed by atoms with van der Waals surface area (Å²) in [5, 5.41) is -0.394. The molecule has 1 heterocycles. The van der Waals surface area contributed by atoms with E-state index in [2.05, 4.69) is 4.98 Å². The van der Waals surface area contributed by atoms with Crippen molar-refractivity contribution in [2.45, 2.75) is 24.9 Å². The monoisotopic (exact) mass is 442 g/mol. The number of nitrogens with zero attached hydrogens (tertiary/aromatic N) is 2. The van der Waals surface area contributed by atoms with Gasteiger partial charge in [0.2, 0.25) is 0 Å². The first-order valence-electron chi connectivity index (χ1n) is 7.41. The number of rotatable bonds is 5. The van der Waals surface area contributed by atoms with E-state index in [1.807, 2.05) is 0 Å². The summed E-state index contributed by atoms with van der Waals surface area (Å²) >= 11 is 11.6. The van der Waals surface area contributed by atoms with Crippen molar-refractivity contribution in [3.05, 3.63) is 51.3 Å². The smallest absolute Gasteiger partial charge is 0.363 e. The quantitative estimate of drug-likeness (QED) is 0.622. The van der Waals surface area contributed by atoms with Gasteiger partial charge in [0.05, 0.1) is 37.6 Å². The van der Waals surface area contributed by atoms with E-state index in [4.69, 9.17) is 27.9 Å². The number of ether oxygens (including phenoxy) is 1. The molecule has 2 rings (SSSR count). The molecule has 11 heteroatoms. The normalized spacial score (nSPS) is 12.3. The first-order chi connectivity index (χ1) is 12.4. The topological polar surface area (TPSA) is 59.5 Å². The Labute approximate surface area is 164 Å². The van der Waals surface area contributed by atoms with Crippen molar-refractivity contribution in [1.29, 1.82) is 0 Å². The molecule has 0 aliphatic carbocycles. The van der Waals surface area contributed by atoms with Gasteiger partial charge in [0.25, 0.3) is 10.0 Å². The van der Waals surface area contributed by atoms with Gasteiger partial charge in [-0.05, 0) is 38.1 Å². The zero-order valence-corrected chi connectivity index (χ0v) is 16.8. The molecule has 148 valence electrons. The molecule has 1 aromatic heterocycles. The van der Waals surface area contributed by atoms with Crippen LogP contribution in [0.4, 0.5) is 18.9 Å². The summed E-state index contributed by atoms with van der Waals surface area (Å²) in [4.78, 5) is 3.57. The lowest BCUT2D eigenvalue weighted by Gasteiger charge is -2.25. The molecule has 0 N–H and O–H groups in total. The lowest BCUT2D eigenvalue weighted by Crippen LogP contribution is -2.34. The van der Waals surface area contributed by atoms with E-state index in [-0.39, 0.29) is 10.7 Å². The van der Waals surface area contributed by atoms with Crippen molar-refractivity contribution < 1.29 is 26.3 Å². The summed E-state index contributed by atoms with van der Waals surface area (Å²) in [6, 6.07) is 3.73. The van der Waals surface area contributed by atoms with Gasteiger partial charge in [0.1, 0.15) is 6.73 Å². The van der Waals surface area contributed by atoms with Gasteiger partial charge in [0.15, 0.2) is 0 Å². The first kappa shape index (κ1) is 21.7. The van der Waals surface area contributed by atoms with Crippen LogP contribution in [0.2, 0.25) is 10.0 Å². The highest BCUT2D eigenvalue weighted by atomic mass is 35.5. The van der Waals surface area contributed by atoms with Crippen LogP contribution in [0.25, 0.3) is 0 Å². The number of hydrogen-bond donors (Lipinski definition) is 0. The van der Waals surface area contributed by atoms with E-state index >= 15 is 0 Å². The Morgan fingerprint density at radius 3 is 2.30 bits per heavy atom. The number of pyridine rings is 1.